The smallest absolute Gasteiger partial charge is 0.194 e. The maximum Gasteiger partial charge on any atom is 0.194 e. The number of halogens is 2. The SMILES string of the molecule is CC.O=S(NCCCOCc1ccccc1)Nc1ncnc(Cl)c1-c1ccc(Br)cc1. The molecule has 1 aromatic heterocycles. The summed E-state index contributed by atoms with van der Waals surface area (Å²) in [6, 6.07) is 17.6. The zero-order valence-electron chi connectivity index (χ0n) is 17.5. The molecule has 3 aromatic rings. The van der Waals surface area contributed by atoms with Gasteiger partial charge in [0.05, 0.1) is 12.2 Å². The lowest BCUT2D eigenvalue weighted by molar-refractivity contribution is 0.119. The molecule has 0 amide bonds. The number of benzene rings is 2. The molecular formula is C22H26BrClN4O2S. The maximum atomic E-state index is 12.4. The molecule has 0 aliphatic carbocycles. The minimum absolute atomic E-state index is 0.288. The summed E-state index contributed by atoms with van der Waals surface area (Å²) in [7, 11) is 0. The highest BCUT2D eigenvalue weighted by Gasteiger charge is 2.14. The zero-order valence-corrected chi connectivity index (χ0v) is 20.6. The number of hydrogen-bond acceptors (Lipinski definition) is 4. The minimum Gasteiger partial charge on any atom is -0.377 e. The van der Waals surface area contributed by atoms with Crippen molar-refractivity contribution in [1.29, 1.82) is 0 Å². The van der Waals surface area contributed by atoms with Crippen LogP contribution in [0.5, 0.6) is 0 Å². The number of aromatic nitrogens is 2. The highest BCUT2D eigenvalue weighted by molar-refractivity contribution is 9.10. The molecule has 3 rings (SSSR count). The average molecular weight is 526 g/mol. The minimum atomic E-state index is -1.52. The van der Waals surface area contributed by atoms with E-state index in [9.17, 15) is 4.21 Å². The molecule has 0 fully saturated rings. The molecule has 31 heavy (non-hydrogen) atoms. The fraction of sp³-hybridized carbons (Fsp3) is 0.273. The van der Waals surface area contributed by atoms with E-state index in [1.165, 1.54) is 6.33 Å². The van der Waals surface area contributed by atoms with Gasteiger partial charge in [0.2, 0.25) is 0 Å². The molecule has 0 bridgehead atoms. The van der Waals surface area contributed by atoms with Crippen LogP contribution in [0, 0.1) is 0 Å². The van der Waals surface area contributed by atoms with E-state index < -0.39 is 11.2 Å². The van der Waals surface area contributed by atoms with Crippen LogP contribution in [0.2, 0.25) is 5.15 Å². The summed E-state index contributed by atoms with van der Waals surface area (Å²) in [5.41, 5.74) is 2.56. The molecule has 0 saturated heterocycles. The topological polar surface area (TPSA) is 76.1 Å². The highest BCUT2D eigenvalue weighted by Crippen LogP contribution is 2.32. The standard InChI is InChI=1S/C20H20BrClN4O2S.C2H6/c21-17-9-7-16(8-10-17)18-19(22)23-14-24-20(18)26-29(27)25-11-4-12-28-13-15-5-2-1-3-6-15;1-2/h1-3,5-10,14,25H,4,11-13H2,(H,23,24,26);1-2H3. The fourth-order valence-corrected chi connectivity index (χ4v) is 3.78. The van der Waals surface area contributed by atoms with Gasteiger partial charge in [0.25, 0.3) is 0 Å². The predicted octanol–water partition coefficient (Wildman–Crippen LogP) is 5.77. The number of nitrogens with zero attached hydrogens (tertiary/aromatic N) is 2. The first-order chi connectivity index (χ1) is 15.1. The molecule has 1 heterocycles. The number of ether oxygens (including phenoxy) is 1. The maximum absolute atomic E-state index is 12.4. The summed E-state index contributed by atoms with van der Waals surface area (Å²) >= 11 is 8.14. The van der Waals surface area contributed by atoms with Crippen LogP contribution < -0.4 is 9.44 Å². The van der Waals surface area contributed by atoms with Crippen molar-refractivity contribution in [3.8, 4) is 11.1 Å². The van der Waals surface area contributed by atoms with Crippen LogP contribution in [0.4, 0.5) is 5.82 Å². The van der Waals surface area contributed by atoms with Crippen molar-refractivity contribution in [2.24, 2.45) is 0 Å². The third kappa shape index (κ3) is 8.66. The Morgan fingerprint density at radius 2 is 1.77 bits per heavy atom. The Balaban J connectivity index is 0.00000166. The molecule has 6 nitrogen and oxygen atoms in total. The third-order valence-electron chi connectivity index (χ3n) is 3.93. The van der Waals surface area contributed by atoms with Gasteiger partial charge >= 0.3 is 0 Å². The monoisotopic (exact) mass is 524 g/mol. The van der Waals surface area contributed by atoms with Gasteiger partial charge in [0.1, 0.15) is 11.5 Å². The highest BCUT2D eigenvalue weighted by atomic mass is 79.9. The molecule has 0 aliphatic rings. The van der Waals surface area contributed by atoms with Gasteiger partial charge in [-0.05, 0) is 29.7 Å². The van der Waals surface area contributed by atoms with Crippen molar-refractivity contribution in [2.45, 2.75) is 26.9 Å². The van der Waals surface area contributed by atoms with E-state index in [2.05, 4.69) is 35.3 Å². The summed E-state index contributed by atoms with van der Waals surface area (Å²) in [4.78, 5) is 8.23. The Labute approximate surface area is 199 Å². The number of nitrogens with one attached hydrogen (secondary N) is 2. The molecular weight excluding hydrogens is 500 g/mol. The van der Waals surface area contributed by atoms with Crippen molar-refractivity contribution in [3.63, 3.8) is 0 Å². The summed E-state index contributed by atoms with van der Waals surface area (Å²) in [5.74, 6) is 0.401. The van der Waals surface area contributed by atoms with Gasteiger partial charge in [0, 0.05) is 17.6 Å². The molecule has 0 aliphatic heterocycles. The van der Waals surface area contributed by atoms with Crippen LogP contribution in [0.15, 0.2) is 65.4 Å². The molecule has 2 N–H and O–H groups in total. The predicted molar refractivity (Wildman–Crippen MR) is 132 cm³/mol. The number of rotatable bonds is 10. The fourth-order valence-electron chi connectivity index (χ4n) is 2.54. The van der Waals surface area contributed by atoms with Crippen LogP contribution in [0.3, 0.4) is 0 Å². The second-order valence-corrected chi connectivity index (χ2v) is 8.36. The van der Waals surface area contributed by atoms with Crippen molar-refractivity contribution < 1.29 is 8.95 Å². The second kappa shape index (κ2) is 14.3. The first-order valence-corrected chi connectivity index (χ1v) is 12.3. The van der Waals surface area contributed by atoms with E-state index in [4.69, 9.17) is 16.3 Å². The van der Waals surface area contributed by atoms with Gasteiger partial charge in [0.15, 0.2) is 17.0 Å². The molecule has 1 atom stereocenters. The van der Waals surface area contributed by atoms with Crippen LogP contribution in [-0.2, 0) is 22.5 Å². The van der Waals surface area contributed by atoms with Gasteiger partial charge in [-0.25, -0.2) is 18.9 Å². The van der Waals surface area contributed by atoms with Crippen molar-refractivity contribution >= 4 is 44.5 Å². The van der Waals surface area contributed by atoms with Gasteiger partial charge in [-0.1, -0.05) is 83.8 Å². The molecule has 0 spiro atoms. The lowest BCUT2D eigenvalue weighted by Gasteiger charge is -2.12. The van der Waals surface area contributed by atoms with Gasteiger partial charge in [-0.2, -0.15) is 0 Å². The van der Waals surface area contributed by atoms with Crippen molar-refractivity contribution in [3.05, 3.63) is 76.1 Å². The van der Waals surface area contributed by atoms with Crippen LogP contribution in [0.25, 0.3) is 11.1 Å². The second-order valence-electron chi connectivity index (χ2n) is 6.05. The largest absolute Gasteiger partial charge is 0.377 e. The van der Waals surface area contributed by atoms with Crippen LogP contribution in [-0.4, -0.2) is 27.3 Å². The van der Waals surface area contributed by atoms with E-state index in [1.54, 1.807) is 0 Å². The number of anilines is 1. The van der Waals surface area contributed by atoms with E-state index in [1.807, 2.05) is 68.4 Å². The first kappa shape index (κ1) is 25.4. The Kier molecular flexibility index (Phi) is 11.7. The molecule has 2 aromatic carbocycles. The molecule has 166 valence electrons. The average Bonchev–Trinajstić information content (AvgIpc) is 2.79. The van der Waals surface area contributed by atoms with Crippen molar-refractivity contribution in [2.75, 3.05) is 17.9 Å². The van der Waals surface area contributed by atoms with Crippen LogP contribution >= 0.6 is 27.5 Å². The lowest BCUT2D eigenvalue weighted by atomic mass is 10.1. The van der Waals surface area contributed by atoms with E-state index in [0.29, 0.717) is 31.1 Å². The summed E-state index contributed by atoms with van der Waals surface area (Å²) < 4.78 is 24.7. The normalized spacial score (nSPS) is 11.4. The first-order valence-electron chi connectivity index (χ1n) is 9.93. The van der Waals surface area contributed by atoms with Crippen LogP contribution in [0.1, 0.15) is 25.8 Å². The summed E-state index contributed by atoms with van der Waals surface area (Å²) in [6.45, 7) is 5.67. The van der Waals surface area contributed by atoms with E-state index in [-0.39, 0.29) is 5.15 Å². The summed E-state index contributed by atoms with van der Waals surface area (Å²) in [5, 5.41) is 0.288. The molecule has 0 radical (unpaired) electrons. The Morgan fingerprint density at radius 1 is 1.06 bits per heavy atom. The Morgan fingerprint density at radius 3 is 2.48 bits per heavy atom. The Bertz CT molecular complexity index is 946. The van der Waals surface area contributed by atoms with E-state index >= 15 is 0 Å². The van der Waals surface area contributed by atoms with Gasteiger partial charge in [-0.3, -0.25) is 4.72 Å². The summed E-state index contributed by atoms with van der Waals surface area (Å²) in [6.07, 6.45) is 2.06. The Hall–Kier alpha value is -1.84. The third-order valence-corrected chi connectivity index (χ3v) is 5.59. The zero-order chi connectivity index (χ0) is 22.5. The molecule has 9 heteroatoms. The number of hydrogen-bond donors (Lipinski definition) is 2. The quantitative estimate of drug-likeness (QED) is 0.260. The molecule has 1 unspecified atom stereocenters. The van der Waals surface area contributed by atoms with Crippen molar-refractivity contribution in [1.82, 2.24) is 14.7 Å². The lowest BCUT2D eigenvalue weighted by Crippen LogP contribution is -2.26. The van der Waals surface area contributed by atoms with E-state index in [0.717, 1.165) is 22.0 Å². The molecule has 0 saturated carbocycles. The van der Waals surface area contributed by atoms with Gasteiger partial charge in [-0.15, -0.1) is 0 Å². The van der Waals surface area contributed by atoms with Gasteiger partial charge < -0.3 is 4.74 Å².